The van der Waals surface area contributed by atoms with Crippen molar-refractivity contribution in [1.29, 1.82) is 0 Å². The Labute approximate surface area is 196 Å². The minimum Gasteiger partial charge on any atom is -0.370 e. The van der Waals surface area contributed by atoms with Crippen molar-refractivity contribution >= 4 is 28.2 Å². The number of aryl methyl sites for hydroxylation is 2. The fourth-order valence-corrected chi connectivity index (χ4v) is 5.41. The number of hydrogen-bond acceptors (Lipinski definition) is 6. The summed E-state index contributed by atoms with van der Waals surface area (Å²) in [5, 5.41) is 11.9. The minimum absolute atomic E-state index is 0.112. The average Bonchev–Trinajstić information content (AvgIpc) is 3.31. The van der Waals surface area contributed by atoms with Crippen LogP contribution in [0.3, 0.4) is 0 Å². The second-order valence-electron chi connectivity index (χ2n) is 8.17. The molecule has 1 aromatic carbocycles. The maximum absolute atomic E-state index is 11.7. The molecule has 0 fully saturated rings. The number of benzene rings is 1. The summed E-state index contributed by atoms with van der Waals surface area (Å²) in [5.41, 5.74) is 7.42. The van der Waals surface area contributed by atoms with Crippen LogP contribution >= 0.6 is 11.3 Å². The van der Waals surface area contributed by atoms with E-state index in [4.69, 9.17) is 10.1 Å². The topological polar surface area (TPSA) is 84.7 Å². The van der Waals surface area contributed by atoms with E-state index >= 15 is 0 Å². The zero-order valence-electron chi connectivity index (χ0n) is 19.0. The summed E-state index contributed by atoms with van der Waals surface area (Å²) in [5.74, 6) is 0.745. The van der Waals surface area contributed by atoms with Crippen molar-refractivity contribution in [3.63, 3.8) is 0 Å². The van der Waals surface area contributed by atoms with E-state index < -0.39 is 0 Å². The zero-order valence-corrected chi connectivity index (χ0v) is 19.8. The van der Waals surface area contributed by atoms with Crippen LogP contribution in [0.1, 0.15) is 37.1 Å². The van der Waals surface area contributed by atoms with Gasteiger partial charge >= 0.3 is 0 Å². The van der Waals surface area contributed by atoms with Crippen molar-refractivity contribution in [2.45, 2.75) is 40.0 Å². The lowest BCUT2D eigenvalue weighted by Crippen LogP contribution is -2.05. The molecule has 8 heteroatoms. The van der Waals surface area contributed by atoms with Crippen molar-refractivity contribution in [1.82, 2.24) is 19.7 Å². The fourth-order valence-electron chi connectivity index (χ4n) is 4.29. The lowest BCUT2D eigenvalue weighted by molar-refractivity contribution is -0.114. The lowest BCUT2D eigenvalue weighted by atomic mass is 10.0. The third-order valence-corrected chi connectivity index (χ3v) is 6.78. The molecular weight excluding hydrogens is 432 g/mol. The first-order valence-electron chi connectivity index (χ1n) is 11.2. The van der Waals surface area contributed by atoms with Crippen molar-refractivity contribution in [3.05, 3.63) is 59.4 Å². The van der Waals surface area contributed by atoms with Crippen molar-refractivity contribution in [2.75, 3.05) is 17.2 Å². The zero-order chi connectivity index (χ0) is 22.9. The van der Waals surface area contributed by atoms with Gasteiger partial charge < -0.3 is 10.6 Å². The first-order chi connectivity index (χ1) is 16.0. The van der Waals surface area contributed by atoms with Crippen molar-refractivity contribution < 1.29 is 4.79 Å². The SMILES string of the molecule is CCNc1ccc(-c2nn(-c3ccccc3C)c3c2CCCc2nc(NC(C)=O)sc2-3)cn1. The number of amides is 1. The molecule has 4 aromatic rings. The Morgan fingerprint density at radius 2 is 2.03 bits per heavy atom. The Bertz CT molecular complexity index is 1320. The van der Waals surface area contributed by atoms with Crippen LogP contribution in [0, 0.1) is 6.92 Å². The number of para-hydroxylation sites is 1. The van der Waals surface area contributed by atoms with Gasteiger partial charge in [0, 0.05) is 30.8 Å². The molecule has 33 heavy (non-hydrogen) atoms. The summed E-state index contributed by atoms with van der Waals surface area (Å²) >= 11 is 1.52. The van der Waals surface area contributed by atoms with E-state index in [2.05, 4.69) is 52.3 Å². The quantitative estimate of drug-likeness (QED) is 0.427. The second kappa shape index (κ2) is 8.78. The highest BCUT2D eigenvalue weighted by Crippen LogP contribution is 2.43. The molecule has 1 aliphatic carbocycles. The molecule has 0 bridgehead atoms. The summed E-state index contributed by atoms with van der Waals surface area (Å²) in [6.45, 7) is 6.50. The number of aromatic nitrogens is 4. The predicted octanol–water partition coefficient (Wildman–Crippen LogP) is 5.25. The van der Waals surface area contributed by atoms with Crippen LogP contribution in [0.2, 0.25) is 0 Å². The summed E-state index contributed by atoms with van der Waals surface area (Å²) in [6.07, 6.45) is 4.64. The summed E-state index contributed by atoms with van der Waals surface area (Å²) in [7, 11) is 0. The molecule has 0 unspecified atom stereocenters. The van der Waals surface area contributed by atoms with Crippen LogP contribution < -0.4 is 10.6 Å². The number of anilines is 2. The largest absolute Gasteiger partial charge is 0.370 e. The van der Waals surface area contributed by atoms with E-state index in [-0.39, 0.29) is 5.91 Å². The molecule has 3 aromatic heterocycles. The van der Waals surface area contributed by atoms with Crippen LogP contribution in [0.25, 0.3) is 27.5 Å². The van der Waals surface area contributed by atoms with Gasteiger partial charge in [0.15, 0.2) is 5.13 Å². The van der Waals surface area contributed by atoms with Crippen LogP contribution in [0.4, 0.5) is 10.9 Å². The molecule has 3 heterocycles. The Balaban J connectivity index is 1.73. The normalized spacial score (nSPS) is 12.6. The maximum atomic E-state index is 11.7. The highest BCUT2D eigenvalue weighted by Gasteiger charge is 2.28. The highest BCUT2D eigenvalue weighted by atomic mass is 32.1. The maximum Gasteiger partial charge on any atom is 0.223 e. The van der Waals surface area contributed by atoms with Crippen LogP contribution in [-0.4, -0.2) is 32.2 Å². The highest BCUT2D eigenvalue weighted by molar-refractivity contribution is 7.19. The third-order valence-electron chi connectivity index (χ3n) is 5.76. The Morgan fingerprint density at radius 3 is 2.76 bits per heavy atom. The Morgan fingerprint density at radius 1 is 1.18 bits per heavy atom. The smallest absolute Gasteiger partial charge is 0.223 e. The average molecular weight is 459 g/mol. The summed E-state index contributed by atoms with van der Waals surface area (Å²) in [6, 6.07) is 12.4. The summed E-state index contributed by atoms with van der Waals surface area (Å²) in [4.78, 5) is 22.1. The molecule has 0 saturated heterocycles. The Hall–Kier alpha value is -3.52. The molecule has 1 amide bonds. The van der Waals surface area contributed by atoms with E-state index in [0.29, 0.717) is 5.13 Å². The van der Waals surface area contributed by atoms with E-state index in [9.17, 15) is 4.79 Å². The first-order valence-corrected chi connectivity index (χ1v) is 12.0. The number of carbonyl (C=O) groups is 1. The number of thiazole rings is 1. The third kappa shape index (κ3) is 4.02. The first kappa shape index (κ1) is 21.3. The Kier molecular flexibility index (Phi) is 5.68. The van der Waals surface area contributed by atoms with Crippen LogP contribution in [-0.2, 0) is 17.6 Å². The van der Waals surface area contributed by atoms with Crippen molar-refractivity contribution in [2.24, 2.45) is 0 Å². The summed E-state index contributed by atoms with van der Waals surface area (Å²) < 4.78 is 2.05. The second-order valence-corrected chi connectivity index (χ2v) is 9.17. The van der Waals surface area contributed by atoms with Gasteiger partial charge in [0.05, 0.1) is 27.6 Å². The number of fused-ring (bicyclic) bond motifs is 3. The van der Waals surface area contributed by atoms with Crippen LogP contribution in [0.15, 0.2) is 42.6 Å². The number of hydrogen-bond donors (Lipinski definition) is 2. The van der Waals surface area contributed by atoms with Crippen LogP contribution in [0.5, 0.6) is 0 Å². The van der Waals surface area contributed by atoms with Gasteiger partial charge in [-0.3, -0.25) is 4.79 Å². The standard InChI is InChI=1S/C25H26N6OS/c1-4-26-21-13-12-17(14-27-21)22-18-9-7-10-19-24(33-25(29-19)28-16(3)32)23(18)31(30-22)20-11-6-5-8-15(20)2/h5-6,8,11-14H,4,7,9-10H2,1-3H3,(H,26,27)(H,28,29,32). The molecule has 7 nitrogen and oxygen atoms in total. The predicted molar refractivity (Wildman–Crippen MR) is 133 cm³/mol. The monoisotopic (exact) mass is 458 g/mol. The number of pyridine rings is 1. The minimum atomic E-state index is -0.112. The molecule has 0 saturated carbocycles. The van der Waals surface area contributed by atoms with Crippen molar-refractivity contribution in [3.8, 4) is 27.5 Å². The fraction of sp³-hybridized carbons (Fsp3) is 0.280. The molecule has 0 aliphatic heterocycles. The molecule has 168 valence electrons. The van der Waals surface area contributed by atoms with Gasteiger partial charge in [-0.1, -0.05) is 29.5 Å². The molecule has 0 atom stereocenters. The van der Waals surface area contributed by atoms with Gasteiger partial charge in [0.1, 0.15) is 5.82 Å². The van der Waals surface area contributed by atoms with E-state index in [0.717, 1.165) is 70.4 Å². The van der Waals surface area contributed by atoms with Gasteiger partial charge in [-0.2, -0.15) is 5.10 Å². The molecular formula is C25H26N6OS. The number of nitrogens with zero attached hydrogens (tertiary/aromatic N) is 4. The van der Waals surface area contributed by atoms with Gasteiger partial charge in [-0.15, -0.1) is 0 Å². The van der Waals surface area contributed by atoms with E-state index in [1.807, 2.05) is 24.4 Å². The molecule has 0 spiro atoms. The van der Waals surface area contributed by atoms with Gasteiger partial charge in [-0.05, 0) is 56.9 Å². The van der Waals surface area contributed by atoms with E-state index in [1.54, 1.807) is 0 Å². The molecule has 0 radical (unpaired) electrons. The number of rotatable bonds is 5. The van der Waals surface area contributed by atoms with E-state index in [1.165, 1.54) is 23.8 Å². The van der Waals surface area contributed by atoms with Gasteiger partial charge in [0.25, 0.3) is 0 Å². The molecule has 5 rings (SSSR count). The van der Waals surface area contributed by atoms with Gasteiger partial charge in [0.2, 0.25) is 5.91 Å². The molecule has 2 N–H and O–H groups in total. The number of carbonyl (C=O) groups excluding carboxylic acids is 1. The number of nitrogens with one attached hydrogen (secondary N) is 2. The van der Waals surface area contributed by atoms with Gasteiger partial charge in [-0.25, -0.2) is 14.6 Å². The molecule has 1 aliphatic rings. The lowest BCUT2D eigenvalue weighted by Gasteiger charge is -2.10.